The third-order valence-corrected chi connectivity index (χ3v) is 2.97. The summed E-state index contributed by atoms with van der Waals surface area (Å²) in [5, 5.41) is 18.3. The van der Waals surface area contributed by atoms with Gasteiger partial charge >= 0.3 is 5.82 Å². The maximum Gasteiger partial charge on any atom is 0.336 e. The molecule has 1 aromatic rings. The zero-order chi connectivity index (χ0) is 13.3. The van der Waals surface area contributed by atoms with E-state index in [0.717, 1.165) is 11.3 Å². The largest absolute Gasteiger partial charge is 0.358 e. The highest BCUT2D eigenvalue weighted by molar-refractivity contribution is 5.71. The van der Waals surface area contributed by atoms with E-state index < -0.39 is 11.1 Å². The molecule has 1 aliphatic rings. The van der Waals surface area contributed by atoms with Gasteiger partial charge in [0.15, 0.2) is 0 Å². The van der Waals surface area contributed by atoms with Gasteiger partial charge in [-0.15, -0.1) is 0 Å². The van der Waals surface area contributed by atoms with E-state index in [2.05, 4.69) is 0 Å². The van der Waals surface area contributed by atoms with E-state index in [1.807, 2.05) is 31.2 Å². The van der Waals surface area contributed by atoms with Crippen LogP contribution in [0.1, 0.15) is 5.56 Å². The number of nitrogens with one attached hydrogen (secondary N) is 1. The molecule has 1 atom stereocenters. The minimum absolute atomic E-state index is 0.0101. The second-order valence-corrected chi connectivity index (χ2v) is 4.18. The molecule has 0 aliphatic carbocycles. The van der Waals surface area contributed by atoms with Crippen molar-refractivity contribution in [2.24, 2.45) is 0 Å². The molecule has 0 aromatic heterocycles. The molecular weight excluding hydrogens is 232 g/mol. The molecule has 0 bridgehead atoms. The van der Waals surface area contributed by atoms with Crippen molar-refractivity contribution in [2.75, 3.05) is 11.9 Å². The van der Waals surface area contributed by atoms with Gasteiger partial charge in [0.25, 0.3) is 0 Å². The molecule has 0 unspecified atom stereocenters. The van der Waals surface area contributed by atoms with Gasteiger partial charge in [0.1, 0.15) is 6.20 Å². The Hall–Kier alpha value is -2.37. The smallest absolute Gasteiger partial charge is 0.336 e. The van der Waals surface area contributed by atoms with Gasteiger partial charge in [-0.1, -0.05) is 17.7 Å². The van der Waals surface area contributed by atoms with Crippen LogP contribution in [0.15, 0.2) is 36.3 Å². The number of nitrogens with zero attached hydrogens (tertiary/aromatic N) is 3. The Labute approximate surface area is 105 Å². The summed E-state index contributed by atoms with van der Waals surface area (Å²) >= 11 is 0. The van der Waals surface area contributed by atoms with E-state index in [0.29, 0.717) is 0 Å². The van der Waals surface area contributed by atoms with Crippen molar-refractivity contribution in [3.63, 3.8) is 0 Å². The maximum absolute atomic E-state index is 10.9. The highest BCUT2D eigenvalue weighted by atomic mass is 16.6. The molecule has 1 heterocycles. The monoisotopic (exact) mass is 246 g/mol. The minimum atomic E-state index is -0.451. The molecule has 1 N–H and O–H groups in total. The van der Waals surface area contributed by atoms with Crippen LogP contribution in [0.25, 0.3) is 0 Å². The van der Waals surface area contributed by atoms with Crippen LogP contribution >= 0.6 is 0 Å². The van der Waals surface area contributed by atoms with E-state index in [1.165, 1.54) is 17.3 Å². The Bertz CT molecular complexity index is 509. The Morgan fingerprint density at radius 1 is 1.39 bits per heavy atom. The van der Waals surface area contributed by atoms with Crippen molar-refractivity contribution in [1.82, 2.24) is 4.90 Å². The van der Waals surface area contributed by atoms with Crippen molar-refractivity contribution in [3.05, 3.63) is 52.0 Å². The topological polar surface area (TPSA) is 73.5 Å². The van der Waals surface area contributed by atoms with Crippen molar-refractivity contribution in [3.8, 4) is 0 Å². The third kappa shape index (κ3) is 1.92. The predicted molar refractivity (Wildman–Crippen MR) is 69.1 cm³/mol. The first-order valence-corrected chi connectivity index (χ1v) is 5.49. The summed E-state index contributed by atoms with van der Waals surface area (Å²) in [6.07, 6.45) is 2.20. The molecule has 2 rings (SSSR count). The first-order valence-electron chi connectivity index (χ1n) is 5.49. The van der Waals surface area contributed by atoms with Gasteiger partial charge < -0.3 is 15.5 Å². The molecule has 0 saturated carbocycles. The summed E-state index contributed by atoms with van der Waals surface area (Å²) in [4.78, 5) is 13.6. The fourth-order valence-corrected chi connectivity index (χ4v) is 1.93. The van der Waals surface area contributed by atoms with Crippen LogP contribution in [-0.4, -0.2) is 29.3 Å². The SMILES string of the molecule is Cc1ccc(N2C=C([N+](=O)[O-])N(C)[C@@H]2C=N)cc1. The molecule has 0 radical (unpaired) electrons. The zero-order valence-corrected chi connectivity index (χ0v) is 10.2. The number of anilines is 1. The van der Waals surface area contributed by atoms with Crippen LogP contribution in [0, 0.1) is 22.4 Å². The quantitative estimate of drug-likeness (QED) is 0.501. The van der Waals surface area contributed by atoms with Gasteiger partial charge in [-0.25, -0.2) is 4.90 Å². The number of aryl methyl sites for hydroxylation is 1. The molecule has 6 heteroatoms. The van der Waals surface area contributed by atoms with Crippen LogP contribution in [0.3, 0.4) is 0 Å². The fraction of sp³-hybridized carbons (Fsp3) is 0.250. The van der Waals surface area contributed by atoms with Crippen LogP contribution < -0.4 is 4.90 Å². The molecule has 0 saturated heterocycles. The minimum Gasteiger partial charge on any atom is -0.358 e. The van der Waals surface area contributed by atoms with Crippen LogP contribution in [-0.2, 0) is 0 Å². The second kappa shape index (κ2) is 4.48. The van der Waals surface area contributed by atoms with Gasteiger partial charge in [0, 0.05) is 5.69 Å². The molecule has 6 nitrogen and oxygen atoms in total. The van der Waals surface area contributed by atoms with E-state index in [1.54, 1.807) is 11.9 Å². The molecule has 94 valence electrons. The second-order valence-electron chi connectivity index (χ2n) is 4.18. The van der Waals surface area contributed by atoms with Crippen molar-refractivity contribution in [1.29, 1.82) is 5.41 Å². The van der Waals surface area contributed by atoms with Crippen LogP contribution in [0.4, 0.5) is 5.69 Å². The average molecular weight is 246 g/mol. The Balaban J connectivity index is 2.39. The summed E-state index contributed by atoms with van der Waals surface area (Å²) in [6, 6.07) is 7.65. The first kappa shape index (κ1) is 12.1. The van der Waals surface area contributed by atoms with Gasteiger partial charge in [-0.2, -0.15) is 0 Å². The molecule has 1 aromatic carbocycles. The average Bonchev–Trinajstić information content (AvgIpc) is 2.67. The zero-order valence-electron chi connectivity index (χ0n) is 10.2. The van der Waals surface area contributed by atoms with Crippen LogP contribution in [0.5, 0.6) is 0 Å². The molecule has 0 spiro atoms. The molecule has 0 amide bonds. The van der Waals surface area contributed by atoms with Crippen molar-refractivity contribution >= 4 is 11.9 Å². The lowest BCUT2D eigenvalue weighted by molar-refractivity contribution is -0.443. The normalized spacial score (nSPS) is 18.8. The van der Waals surface area contributed by atoms with Crippen LogP contribution in [0.2, 0.25) is 0 Å². The summed E-state index contributed by atoms with van der Waals surface area (Å²) in [7, 11) is 1.61. The number of hydrogen-bond donors (Lipinski definition) is 1. The van der Waals surface area contributed by atoms with Gasteiger partial charge in [-0.3, -0.25) is 4.90 Å². The number of nitro groups is 1. The molecule has 18 heavy (non-hydrogen) atoms. The summed E-state index contributed by atoms with van der Waals surface area (Å²) < 4.78 is 0. The predicted octanol–water partition coefficient (Wildman–Crippen LogP) is 1.80. The number of hydrogen-bond acceptors (Lipinski definition) is 5. The molecule has 1 aliphatic heterocycles. The van der Waals surface area contributed by atoms with E-state index in [-0.39, 0.29) is 5.82 Å². The summed E-state index contributed by atoms with van der Waals surface area (Å²) in [6.45, 7) is 1.98. The van der Waals surface area contributed by atoms with Crippen molar-refractivity contribution in [2.45, 2.75) is 13.1 Å². The Kier molecular flexibility index (Phi) is 3.01. The van der Waals surface area contributed by atoms with E-state index in [4.69, 9.17) is 5.41 Å². The lowest BCUT2D eigenvalue weighted by atomic mass is 10.2. The maximum atomic E-state index is 10.9. The van der Waals surface area contributed by atoms with Gasteiger partial charge in [0.05, 0.1) is 13.3 Å². The number of benzene rings is 1. The van der Waals surface area contributed by atoms with Gasteiger partial charge in [-0.05, 0) is 24.0 Å². The lowest BCUT2D eigenvalue weighted by Crippen LogP contribution is -2.39. The third-order valence-electron chi connectivity index (χ3n) is 2.97. The first-order chi connectivity index (χ1) is 8.54. The highest BCUT2D eigenvalue weighted by Crippen LogP contribution is 2.27. The summed E-state index contributed by atoms with van der Waals surface area (Å²) in [5.41, 5.74) is 1.95. The standard InChI is InChI=1S/C12H14N4O2/c1-9-3-5-10(6-4-9)15-8-12(16(17)18)14(2)11(15)7-13/h3-8,11,13H,1-2H3/t11-/m0/s1. The van der Waals surface area contributed by atoms with E-state index >= 15 is 0 Å². The Morgan fingerprint density at radius 3 is 2.50 bits per heavy atom. The Morgan fingerprint density at radius 2 is 2.00 bits per heavy atom. The lowest BCUT2D eigenvalue weighted by Gasteiger charge is -2.22. The summed E-state index contributed by atoms with van der Waals surface area (Å²) in [5.74, 6) is -0.0101. The molecule has 0 fully saturated rings. The van der Waals surface area contributed by atoms with Gasteiger partial charge in [0.2, 0.25) is 6.17 Å². The van der Waals surface area contributed by atoms with Crippen molar-refractivity contribution < 1.29 is 4.92 Å². The number of rotatable bonds is 3. The fourth-order valence-electron chi connectivity index (χ4n) is 1.93. The van der Waals surface area contributed by atoms with E-state index in [9.17, 15) is 10.1 Å². The highest BCUT2D eigenvalue weighted by Gasteiger charge is 2.37. The molecular formula is C12H14N4O2.